The predicted molar refractivity (Wildman–Crippen MR) is 97.4 cm³/mol. The Hall–Kier alpha value is -2.46. The fourth-order valence-corrected chi connectivity index (χ4v) is 3.58. The fourth-order valence-electron chi connectivity index (χ4n) is 3.02. The van der Waals surface area contributed by atoms with Gasteiger partial charge in [0.15, 0.2) is 0 Å². The molecule has 1 saturated heterocycles. The van der Waals surface area contributed by atoms with Crippen molar-refractivity contribution < 1.29 is 27.9 Å². The van der Waals surface area contributed by atoms with Crippen LogP contribution in [0.2, 0.25) is 0 Å². The summed E-state index contributed by atoms with van der Waals surface area (Å²) in [6, 6.07) is 5.47. The molecule has 1 atom stereocenters. The van der Waals surface area contributed by atoms with E-state index in [1.54, 1.807) is 19.9 Å². The van der Waals surface area contributed by atoms with Gasteiger partial charge >= 0.3 is 5.97 Å². The maximum atomic E-state index is 12.8. The lowest BCUT2D eigenvalue weighted by Crippen LogP contribution is -2.42. The number of carbonyl (C=O) groups is 3. The molecule has 1 aromatic carbocycles. The van der Waals surface area contributed by atoms with Gasteiger partial charge in [0.25, 0.3) is 0 Å². The minimum absolute atomic E-state index is 0.0191. The Kier molecular flexibility index (Phi) is 6.22. The molecule has 1 aliphatic rings. The average Bonchev–Trinajstić information content (AvgIpc) is 2.95. The van der Waals surface area contributed by atoms with E-state index < -0.39 is 21.9 Å². The summed E-state index contributed by atoms with van der Waals surface area (Å²) in [7, 11) is -3.91. The van der Waals surface area contributed by atoms with Crippen molar-refractivity contribution in [1.29, 1.82) is 0 Å². The molecule has 9 nitrogen and oxygen atoms in total. The largest absolute Gasteiger partial charge is 0.481 e. The second-order valence-corrected chi connectivity index (χ2v) is 8.28. The number of hydrogen-bond donors (Lipinski definition) is 2. The predicted octanol–water partition coefficient (Wildman–Crippen LogP) is 0.399. The molecule has 1 unspecified atom stereocenters. The molecular weight excluding hydrogens is 374 g/mol. The number of nitrogens with two attached hydrogens (primary N) is 1. The van der Waals surface area contributed by atoms with Gasteiger partial charge in [-0.05, 0) is 32.0 Å². The number of primary sulfonamides is 1. The van der Waals surface area contributed by atoms with Crippen LogP contribution in [-0.4, -0.2) is 55.3 Å². The first-order valence-corrected chi connectivity index (χ1v) is 10.0. The average molecular weight is 397 g/mol. The van der Waals surface area contributed by atoms with E-state index in [9.17, 15) is 22.8 Å². The molecule has 2 rings (SSSR count). The highest BCUT2D eigenvalue weighted by atomic mass is 32.2. The molecule has 1 heterocycles. The highest BCUT2D eigenvalue weighted by Crippen LogP contribution is 2.28. The van der Waals surface area contributed by atoms with Crippen molar-refractivity contribution in [1.82, 2.24) is 4.90 Å². The van der Waals surface area contributed by atoms with Gasteiger partial charge in [0.2, 0.25) is 21.8 Å². The van der Waals surface area contributed by atoms with Crippen molar-refractivity contribution in [2.75, 3.05) is 18.0 Å². The molecule has 2 amide bonds. The fraction of sp³-hybridized carbons (Fsp3) is 0.471. The Bertz CT molecular complexity index is 852. The van der Waals surface area contributed by atoms with E-state index in [1.807, 2.05) is 0 Å². The van der Waals surface area contributed by atoms with Gasteiger partial charge in [-0.1, -0.05) is 6.07 Å². The number of amides is 2. The van der Waals surface area contributed by atoms with Crippen LogP contribution in [-0.2, 0) is 24.4 Å². The number of carboxylic acids is 1. The lowest BCUT2D eigenvalue weighted by Gasteiger charge is -2.28. The maximum absolute atomic E-state index is 12.8. The van der Waals surface area contributed by atoms with Crippen LogP contribution in [0, 0.1) is 5.92 Å². The monoisotopic (exact) mass is 397 g/mol. The number of nitrogens with zero attached hydrogens (tertiary/aromatic N) is 2. The number of anilines is 1. The first-order valence-electron chi connectivity index (χ1n) is 8.46. The third-order valence-electron chi connectivity index (χ3n) is 4.41. The van der Waals surface area contributed by atoms with Crippen molar-refractivity contribution in [3.05, 3.63) is 24.3 Å². The van der Waals surface area contributed by atoms with E-state index in [0.29, 0.717) is 5.69 Å². The molecule has 1 aromatic rings. The minimum Gasteiger partial charge on any atom is -0.481 e. The zero-order chi connectivity index (χ0) is 20.4. The first kappa shape index (κ1) is 20.8. The van der Waals surface area contributed by atoms with Crippen molar-refractivity contribution in [2.24, 2.45) is 11.1 Å². The summed E-state index contributed by atoms with van der Waals surface area (Å²) in [5.41, 5.74) is 0.350. The van der Waals surface area contributed by atoms with Crippen LogP contribution in [0.15, 0.2) is 29.2 Å². The summed E-state index contributed by atoms with van der Waals surface area (Å²) >= 11 is 0. The van der Waals surface area contributed by atoms with Crippen molar-refractivity contribution in [3.63, 3.8) is 0 Å². The molecule has 27 heavy (non-hydrogen) atoms. The Morgan fingerprint density at radius 3 is 2.59 bits per heavy atom. The van der Waals surface area contributed by atoms with E-state index >= 15 is 0 Å². The Balaban J connectivity index is 2.19. The molecule has 1 fully saturated rings. The minimum atomic E-state index is -3.91. The second kappa shape index (κ2) is 8.05. The highest BCUT2D eigenvalue weighted by molar-refractivity contribution is 7.89. The summed E-state index contributed by atoms with van der Waals surface area (Å²) < 4.78 is 23.0. The molecule has 0 radical (unpaired) electrons. The number of aliphatic carboxylic acids is 1. The summed E-state index contributed by atoms with van der Waals surface area (Å²) in [6.07, 6.45) is -0.195. The Morgan fingerprint density at radius 2 is 2.04 bits per heavy atom. The van der Waals surface area contributed by atoms with E-state index in [1.165, 1.54) is 28.0 Å². The third-order valence-corrected chi connectivity index (χ3v) is 5.32. The number of carboxylic acid groups (broad SMARTS) is 1. The van der Waals surface area contributed by atoms with Crippen LogP contribution in [0.5, 0.6) is 0 Å². The quantitative estimate of drug-likeness (QED) is 0.683. The van der Waals surface area contributed by atoms with E-state index in [-0.39, 0.29) is 48.7 Å². The lowest BCUT2D eigenvalue weighted by molar-refractivity contribution is -0.141. The summed E-state index contributed by atoms with van der Waals surface area (Å²) in [5, 5.41) is 14.0. The molecule has 0 aromatic heterocycles. The van der Waals surface area contributed by atoms with Gasteiger partial charge in [-0.15, -0.1) is 0 Å². The molecule has 148 valence electrons. The number of benzene rings is 1. The standard InChI is InChI=1S/C17H23N3O6S/c1-11(2)19(7-6-16(22)23)17(24)12-8-15(21)20(10-12)13-4-3-5-14(9-13)27(18,25)26/h3-5,9,11-12H,6-8,10H2,1-2H3,(H,22,23)(H2,18,25,26). The summed E-state index contributed by atoms with van der Waals surface area (Å²) in [4.78, 5) is 38.7. The molecule has 0 saturated carbocycles. The smallest absolute Gasteiger partial charge is 0.305 e. The Labute approximate surface area is 157 Å². The summed E-state index contributed by atoms with van der Waals surface area (Å²) in [5.74, 6) is -2.21. The van der Waals surface area contributed by atoms with Gasteiger partial charge < -0.3 is 14.9 Å². The number of carbonyl (C=O) groups excluding carboxylic acids is 2. The van der Waals surface area contributed by atoms with Crippen LogP contribution in [0.25, 0.3) is 0 Å². The van der Waals surface area contributed by atoms with Crippen LogP contribution in [0.4, 0.5) is 5.69 Å². The van der Waals surface area contributed by atoms with Crippen molar-refractivity contribution >= 4 is 33.5 Å². The van der Waals surface area contributed by atoms with Gasteiger partial charge in [-0.25, -0.2) is 13.6 Å². The normalized spacial score (nSPS) is 17.4. The molecule has 0 bridgehead atoms. The van der Waals surface area contributed by atoms with Gasteiger partial charge in [-0.3, -0.25) is 14.4 Å². The van der Waals surface area contributed by atoms with Crippen molar-refractivity contribution in [3.8, 4) is 0 Å². The molecule has 0 spiro atoms. The van der Waals surface area contributed by atoms with E-state index in [2.05, 4.69) is 0 Å². The molecule has 1 aliphatic heterocycles. The number of hydrogen-bond acceptors (Lipinski definition) is 5. The van der Waals surface area contributed by atoms with Gasteiger partial charge in [0.1, 0.15) is 0 Å². The van der Waals surface area contributed by atoms with Gasteiger partial charge in [-0.2, -0.15) is 0 Å². The number of rotatable bonds is 7. The van der Waals surface area contributed by atoms with E-state index in [4.69, 9.17) is 10.2 Å². The lowest BCUT2D eigenvalue weighted by atomic mass is 10.1. The van der Waals surface area contributed by atoms with Gasteiger partial charge in [0, 0.05) is 31.2 Å². The topological polar surface area (TPSA) is 138 Å². The molecular formula is C17H23N3O6S. The van der Waals surface area contributed by atoms with Crippen LogP contribution < -0.4 is 10.0 Å². The zero-order valence-electron chi connectivity index (χ0n) is 15.2. The van der Waals surface area contributed by atoms with Crippen LogP contribution >= 0.6 is 0 Å². The zero-order valence-corrected chi connectivity index (χ0v) is 16.0. The Morgan fingerprint density at radius 1 is 1.37 bits per heavy atom. The molecule has 3 N–H and O–H groups in total. The SMILES string of the molecule is CC(C)N(CCC(=O)O)C(=O)C1CC(=O)N(c2cccc(S(N)(=O)=O)c2)C1. The van der Waals surface area contributed by atoms with Crippen LogP contribution in [0.3, 0.4) is 0 Å². The molecule has 10 heteroatoms. The summed E-state index contributed by atoms with van der Waals surface area (Å²) in [6.45, 7) is 3.73. The second-order valence-electron chi connectivity index (χ2n) is 6.72. The number of sulfonamides is 1. The van der Waals surface area contributed by atoms with Crippen molar-refractivity contribution in [2.45, 2.75) is 37.6 Å². The third kappa shape index (κ3) is 5.04. The maximum Gasteiger partial charge on any atom is 0.305 e. The first-order chi connectivity index (χ1) is 12.5. The van der Waals surface area contributed by atoms with Crippen LogP contribution in [0.1, 0.15) is 26.7 Å². The van der Waals surface area contributed by atoms with E-state index in [0.717, 1.165) is 0 Å². The van der Waals surface area contributed by atoms with Gasteiger partial charge in [0.05, 0.1) is 17.2 Å². The highest BCUT2D eigenvalue weighted by Gasteiger charge is 2.38. The molecule has 0 aliphatic carbocycles.